The van der Waals surface area contributed by atoms with Crippen molar-refractivity contribution in [3.63, 3.8) is 0 Å². The third kappa shape index (κ3) is 5.93. The molecular formula is C16H26ClN3O2. The molecule has 0 spiro atoms. The summed E-state index contributed by atoms with van der Waals surface area (Å²) in [6.45, 7) is 6.55. The molecule has 0 radical (unpaired) electrons. The van der Waals surface area contributed by atoms with Gasteiger partial charge in [-0.15, -0.1) is 12.4 Å². The molecule has 2 N–H and O–H groups in total. The Hall–Kier alpha value is -1.14. The number of ether oxygens (including phenoxy) is 1. The summed E-state index contributed by atoms with van der Waals surface area (Å²) in [6.07, 6.45) is 0.984. The largest absolute Gasteiger partial charge is 0.380 e. The summed E-state index contributed by atoms with van der Waals surface area (Å²) in [4.78, 5) is 14.6. The van der Waals surface area contributed by atoms with Gasteiger partial charge in [0.15, 0.2) is 0 Å². The Bertz CT molecular complexity index is 451. The lowest BCUT2D eigenvalue weighted by molar-refractivity contribution is 0.0946. The molecule has 5 nitrogen and oxygen atoms in total. The number of hydrogen-bond acceptors (Lipinski definition) is 4. The minimum Gasteiger partial charge on any atom is -0.380 e. The topological polar surface area (TPSA) is 53.6 Å². The number of carbonyl (C=O) groups excluding carboxylic acids is 1. The maximum atomic E-state index is 12.2. The second kappa shape index (κ2) is 10.6. The summed E-state index contributed by atoms with van der Waals surface area (Å²) < 4.78 is 5.13. The van der Waals surface area contributed by atoms with E-state index in [1.807, 2.05) is 24.3 Å². The molecule has 0 aromatic heterocycles. The number of halogens is 1. The first-order chi connectivity index (χ1) is 10.3. The van der Waals surface area contributed by atoms with Gasteiger partial charge in [-0.2, -0.15) is 0 Å². The molecule has 6 heteroatoms. The van der Waals surface area contributed by atoms with Gasteiger partial charge in [-0.3, -0.25) is 4.79 Å². The third-order valence-electron chi connectivity index (χ3n) is 3.71. The van der Waals surface area contributed by atoms with Crippen LogP contribution in [0.4, 0.5) is 0 Å². The number of nitrogens with zero attached hydrogens (tertiary/aromatic N) is 1. The number of benzene rings is 1. The fourth-order valence-corrected chi connectivity index (χ4v) is 2.56. The fourth-order valence-electron chi connectivity index (χ4n) is 2.56. The maximum absolute atomic E-state index is 12.2. The zero-order chi connectivity index (χ0) is 14.9. The second-order valence-corrected chi connectivity index (χ2v) is 5.29. The number of piperazine rings is 1. The molecule has 1 heterocycles. The van der Waals surface area contributed by atoms with Gasteiger partial charge in [-0.1, -0.05) is 18.2 Å². The van der Waals surface area contributed by atoms with Crippen LogP contribution >= 0.6 is 12.4 Å². The molecule has 124 valence electrons. The molecule has 0 unspecified atom stereocenters. The quantitative estimate of drug-likeness (QED) is 0.741. The van der Waals surface area contributed by atoms with Gasteiger partial charge in [-0.05, 0) is 24.6 Å². The van der Waals surface area contributed by atoms with Crippen molar-refractivity contribution < 1.29 is 9.53 Å². The van der Waals surface area contributed by atoms with E-state index in [1.54, 1.807) is 7.11 Å². The monoisotopic (exact) mass is 327 g/mol. The lowest BCUT2D eigenvalue weighted by Gasteiger charge is -2.27. The molecule has 1 aliphatic rings. The van der Waals surface area contributed by atoms with Crippen LogP contribution < -0.4 is 10.6 Å². The third-order valence-corrected chi connectivity index (χ3v) is 3.71. The number of amides is 1. The molecule has 1 fully saturated rings. The Kier molecular flexibility index (Phi) is 9.08. The lowest BCUT2D eigenvalue weighted by atomic mass is 10.1. The van der Waals surface area contributed by atoms with Crippen LogP contribution in [0.2, 0.25) is 0 Å². The van der Waals surface area contributed by atoms with Crippen molar-refractivity contribution in [3.8, 4) is 0 Å². The van der Waals surface area contributed by atoms with E-state index in [1.165, 1.54) is 0 Å². The van der Waals surface area contributed by atoms with E-state index in [0.29, 0.717) is 18.7 Å². The van der Waals surface area contributed by atoms with Crippen LogP contribution in [0.5, 0.6) is 0 Å². The van der Waals surface area contributed by atoms with E-state index < -0.39 is 0 Å². The molecule has 1 aromatic rings. The first kappa shape index (κ1) is 18.9. The minimum atomic E-state index is -0.0111. The van der Waals surface area contributed by atoms with E-state index in [0.717, 1.165) is 44.7 Å². The fraction of sp³-hybridized carbons (Fsp3) is 0.562. The van der Waals surface area contributed by atoms with Crippen molar-refractivity contribution in [1.82, 2.24) is 15.5 Å². The van der Waals surface area contributed by atoms with E-state index in [2.05, 4.69) is 15.5 Å². The van der Waals surface area contributed by atoms with E-state index in [9.17, 15) is 4.79 Å². The number of hydrogen-bond donors (Lipinski definition) is 2. The molecule has 2 rings (SSSR count). The number of nitrogens with one attached hydrogen (secondary N) is 2. The average Bonchev–Trinajstić information content (AvgIpc) is 2.53. The molecule has 0 bridgehead atoms. The highest BCUT2D eigenvalue weighted by Gasteiger charge is 2.11. The molecule has 1 aromatic carbocycles. The molecule has 1 saturated heterocycles. The highest BCUT2D eigenvalue weighted by molar-refractivity contribution is 5.95. The van der Waals surface area contributed by atoms with Crippen LogP contribution in [-0.2, 0) is 11.3 Å². The highest BCUT2D eigenvalue weighted by atomic mass is 35.5. The summed E-state index contributed by atoms with van der Waals surface area (Å²) in [7, 11) is 1.64. The summed E-state index contributed by atoms with van der Waals surface area (Å²) in [5, 5.41) is 6.34. The normalized spacial score (nSPS) is 15.1. The summed E-state index contributed by atoms with van der Waals surface area (Å²) in [5.74, 6) is -0.0111. The maximum Gasteiger partial charge on any atom is 0.251 e. The molecule has 22 heavy (non-hydrogen) atoms. The van der Waals surface area contributed by atoms with Gasteiger partial charge in [0, 0.05) is 45.4 Å². The summed E-state index contributed by atoms with van der Waals surface area (Å²) in [6, 6.07) is 7.59. The van der Waals surface area contributed by atoms with Gasteiger partial charge < -0.3 is 20.3 Å². The van der Waals surface area contributed by atoms with Gasteiger partial charge in [-0.25, -0.2) is 0 Å². The van der Waals surface area contributed by atoms with Crippen molar-refractivity contribution >= 4 is 18.3 Å². The van der Waals surface area contributed by atoms with Crippen LogP contribution in [0.1, 0.15) is 22.3 Å². The van der Waals surface area contributed by atoms with Crippen molar-refractivity contribution in [1.29, 1.82) is 0 Å². The molecule has 0 saturated carbocycles. The first-order valence-corrected chi connectivity index (χ1v) is 7.59. The highest BCUT2D eigenvalue weighted by Crippen LogP contribution is 2.09. The van der Waals surface area contributed by atoms with E-state index in [4.69, 9.17) is 4.74 Å². The molecule has 0 atom stereocenters. The van der Waals surface area contributed by atoms with Crippen molar-refractivity contribution in [2.45, 2.75) is 13.0 Å². The average molecular weight is 328 g/mol. The van der Waals surface area contributed by atoms with Crippen molar-refractivity contribution in [2.24, 2.45) is 0 Å². The SMILES string of the molecule is COCc1ccccc1C(=O)NCCCN1CCNCC1.Cl. The minimum absolute atomic E-state index is 0. The van der Waals surface area contributed by atoms with E-state index in [-0.39, 0.29) is 18.3 Å². The first-order valence-electron chi connectivity index (χ1n) is 7.59. The van der Waals surface area contributed by atoms with Gasteiger partial charge in [0.05, 0.1) is 6.61 Å². The van der Waals surface area contributed by atoms with Gasteiger partial charge >= 0.3 is 0 Å². The van der Waals surface area contributed by atoms with Crippen molar-refractivity contribution in [3.05, 3.63) is 35.4 Å². The molecular weight excluding hydrogens is 302 g/mol. The Labute approximate surface area is 138 Å². The van der Waals surface area contributed by atoms with Gasteiger partial charge in [0.2, 0.25) is 0 Å². The Morgan fingerprint density at radius 1 is 1.32 bits per heavy atom. The van der Waals surface area contributed by atoms with Crippen LogP contribution in [-0.4, -0.2) is 57.2 Å². The smallest absolute Gasteiger partial charge is 0.251 e. The zero-order valence-corrected chi connectivity index (χ0v) is 14.0. The summed E-state index contributed by atoms with van der Waals surface area (Å²) >= 11 is 0. The predicted octanol–water partition coefficient (Wildman–Crippen LogP) is 1.28. The zero-order valence-electron chi connectivity index (χ0n) is 13.1. The lowest BCUT2D eigenvalue weighted by Crippen LogP contribution is -2.44. The standard InChI is InChI=1S/C16H25N3O2.ClH/c1-21-13-14-5-2-3-6-15(14)16(20)18-7-4-10-19-11-8-17-9-12-19;/h2-3,5-6,17H,4,7-13H2,1H3,(H,18,20);1H. The van der Waals surface area contributed by atoms with Gasteiger partial charge in [0.25, 0.3) is 5.91 Å². The van der Waals surface area contributed by atoms with Crippen molar-refractivity contribution in [2.75, 3.05) is 46.4 Å². The van der Waals surface area contributed by atoms with Crippen LogP contribution in [0.15, 0.2) is 24.3 Å². The number of rotatable bonds is 7. The Morgan fingerprint density at radius 3 is 2.77 bits per heavy atom. The molecule has 1 amide bonds. The molecule has 0 aliphatic carbocycles. The Balaban J connectivity index is 0.00000242. The van der Waals surface area contributed by atoms with Crippen LogP contribution in [0, 0.1) is 0 Å². The number of carbonyl (C=O) groups is 1. The Morgan fingerprint density at radius 2 is 2.05 bits per heavy atom. The van der Waals surface area contributed by atoms with Gasteiger partial charge in [0.1, 0.15) is 0 Å². The summed E-state index contributed by atoms with van der Waals surface area (Å²) in [5.41, 5.74) is 1.64. The van der Waals surface area contributed by atoms with Crippen LogP contribution in [0.25, 0.3) is 0 Å². The molecule has 1 aliphatic heterocycles. The van der Waals surface area contributed by atoms with Crippen LogP contribution in [0.3, 0.4) is 0 Å². The predicted molar refractivity (Wildman–Crippen MR) is 90.7 cm³/mol. The van der Waals surface area contributed by atoms with E-state index >= 15 is 0 Å². The number of methoxy groups -OCH3 is 1. The second-order valence-electron chi connectivity index (χ2n) is 5.29.